The van der Waals surface area contributed by atoms with E-state index >= 15 is 0 Å². The highest BCUT2D eigenvalue weighted by atomic mass is 15.2. The van der Waals surface area contributed by atoms with Crippen LogP contribution in [0.4, 0.5) is 0 Å². The minimum Gasteiger partial charge on any atom is -0.314 e. The SMILES string of the molecule is CCCNC1CC2CCCC(C1)N2CCC1=CCCC1. The van der Waals surface area contributed by atoms with Gasteiger partial charge in [0.05, 0.1) is 0 Å². The van der Waals surface area contributed by atoms with Gasteiger partial charge in [0.15, 0.2) is 0 Å². The van der Waals surface area contributed by atoms with Gasteiger partial charge in [0.2, 0.25) is 0 Å². The highest BCUT2D eigenvalue weighted by Crippen LogP contribution is 2.35. The average Bonchev–Trinajstić information content (AvgIpc) is 2.95. The van der Waals surface area contributed by atoms with E-state index in [0.29, 0.717) is 0 Å². The second kappa shape index (κ2) is 7.09. The molecule has 2 saturated heterocycles. The second-order valence-corrected chi connectivity index (χ2v) is 7.10. The first-order chi connectivity index (χ1) is 9.86. The van der Waals surface area contributed by atoms with Crippen molar-refractivity contribution in [2.45, 2.75) is 89.3 Å². The summed E-state index contributed by atoms with van der Waals surface area (Å²) in [5.41, 5.74) is 1.74. The number of nitrogens with one attached hydrogen (secondary N) is 1. The molecule has 3 aliphatic rings. The van der Waals surface area contributed by atoms with Crippen molar-refractivity contribution < 1.29 is 0 Å². The summed E-state index contributed by atoms with van der Waals surface area (Å²) in [6, 6.07) is 2.55. The van der Waals surface area contributed by atoms with E-state index in [0.717, 1.165) is 18.1 Å². The maximum atomic E-state index is 3.78. The fraction of sp³-hybridized carbons (Fsp3) is 0.889. The Balaban J connectivity index is 1.53. The molecular formula is C18H32N2. The van der Waals surface area contributed by atoms with E-state index < -0.39 is 0 Å². The molecule has 1 aliphatic carbocycles. The van der Waals surface area contributed by atoms with E-state index in [4.69, 9.17) is 0 Å². The summed E-state index contributed by atoms with van der Waals surface area (Å²) in [4.78, 5) is 2.88. The maximum Gasteiger partial charge on any atom is 0.0113 e. The van der Waals surface area contributed by atoms with Gasteiger partial charge in [-0.2, -0.15) is 0 Å². The molecule has 2 aliphatic heterocycles. The third-order valence-corrected chi connectivity index (χ3v) is 5.64. The van der Waals surface area contributed by atoms with Crippen molar-refractivity contribution in [2.24, 2.45) is 0 Å². The molecule has 2 nitrogen and oxygen atoms in total. The molecule has 0 aromatic rings. The largest absolute Gasteiger partial charge is 0.314 e. The van der Waals surface area contributed by atoms with Crippen molar-refractivity contribution in [2.75, 3.05) is 13.1 Å². The molecule has 0 spiro atoms. The molecule has 0 radical (unpaired) electrons. The van der Waals surface area contributed by atoms with Gasteiger partial charge < -0.3 is 5.32 Å². The second-order valence-electron chi connectivity index (χ2n) is 7.10. The molecular weight excluding hydrogens is 244 g/mol. The highest BCUT2D eigenvalue weighted by molar-refractivity contribution is 5.08. The number of fused-ring (bicyclic) bond motifs is 2. The van der Waals surface area contributed by atoms with Gasteiger partial charge in [-0.3, -0.25) is 4.90 Å². The molecule has 2 heterocycles. The third-order valence-electron chi connectivity index (χ3n) is 5.64. The summed E-state index contributed by atoms with van der Waals surface area (Å²) in [5.74, 6) is 0. The smallest absolute Gasteiger partial charge is 0.0113 e. The van der Waals surface area contributed by atoms with E-state index in [1.54, 1.807) is 5.57 Å². The number of hydrogen-bond donors (Lipinski definition) is 1. The van der Waals surface area contributed by atoms with Gasteiger partial charge in [0.25, 0.3) is 0 Å². The Morgan fingerprint density at radius 3 is 2.65 bits per heavy atom. The summed E-state index contributed by atoms with van der Waals surface area (Å²) in [6.45, 7) is 4.82. The lowest BCUT2D eigenvalue weighted by atomic mass is 9.81. The molecule has 0 amide bonds. The normalized spacial score (nSPS) is 34.2. The summed E-state index contributed by atoms with van der Waals surface area (Å²) < 4.78 is 0. The topological polar surface area (TPSA) is 15.3 Å². The van der Waals surface area contributed by atoms with Crippen LogP contribution in [-0.4, -0.2) is 36.1 Å². The van der Waals surface area contributed by atoms with E-state index in [2.05, 4.69) is 23.2 Å². The quantitative estimate of drug-likeness (QED) is 0.741. The van der Waals surface area contributed by atoms with Crippen LogP contribution in [0.15, 0.2) is 11.6 Å². The standard InChI is InChI=1S/C18H32N2/c1-2-11-19-16-13-17-8-5-9-18(14-16)20(17)12-10-15-6-3-4-7-15/h6,16-19H,2-5,7-14H2,1H3. The van der Waals surface area contributed by atoms with Gasteiger partial charge in [-0.05, 0) is 64.3 Å². The predicted molar refractivity (Wildman–Crippen MR) is 86.0 cm³/mol. The molecule has 2 unspecified atom stereocenters. The van der Waals surface area contributed by atoms with Gasteiger partial charge >= 0.3 is 0 Å². The van der Waals surface area contributed by atoms with Crippen molar-refractivity contribution >= 4 is 0 Å². The summed E-state index contributed by atoms with van der Waals surface area (Å²) in [7, 11) is 0. The lowest BCUT2D eigenvalue weighted by molar-refractivity contribution is 0.0256. The number of rotatable bonds is 6. The summed E-state index contributed by atoms with van der Waals surface area (Å²) in [5, 5.41) is 3.78. The maximum absolute atomic E-state index is 3.78. The monoisotopic (exact) mass is 276 g/mol. The van der Waals surface area contributed by atoms with Gasteiger partial charge in [-0.1, -0.05) is 25.0 Å². The summed E-state index contributed by atoms with van der Waals surface area (Å²) in [6.07, 6.45) is 16.4. The van der Waals surface area contributed by atoms with E-state index in [9.17, 15) is 0 Å². The minimum absolute atomic E-state index is 0.798. The molecule has 20 heavy (non-hydrogen) atoms. The number of piperidine rings is 2. The van der Waals surface area contributed by atoms with Crippen LogP contribution in [-0.2, 0) is 0 Å². The Labute approximate surface area is 125 Å². The lowest BCUT2D eigenvalue weighted by Gasteiger charge is -2.49. The zero-order valence-electron chi connectivity index (χ0n) is 13.2. The highest BCUT2D eigenvalue weighted by Gasteiger charge is 2.37. The Kier molecular flexibility index (Phi) is 5.17. The van der Waals surface area contributed by atoms with Crippen LogP contribution in [0.3, 0.4) is 0 Å². The fourth-order valence-electron chi connectivity index (χ4n) is 4.60. The van der Waals surface area contributed by atoms with Crippen LogP contribution in [0.25, 0.3) is 0 Å². The zero-order chi connectivity index (χ0) is 13.8. The van der Waals surface area contributed by atoms with Crippen LogP contribution < -0.4 is 5.32 Å². The third kappa shape index (κ3) is 3.46. The van der Waals surface area contributed by atoms with Gasteiger partial charge in [-0.15, -0.1) is 0 Å². The van der Waals surface area contributed by atoms with Crippen LogP contribution >= 0.6 is 0 Å². The Morgan fingerprint density at radius 1 is 1.20 bits per heavy atom. The Bertz CT molecular complexity index is 322. The molecule has 2 fully saturated rings. The molecule has 0 aromatic carbocycles. The van der Waals surface area contributed by atoms with Crippen LogP contribution in [0.5, 0.6) is 0 Å². The predicted octanol–water partition coefficient (Wildman–Crippen LogP) is 3.87. The molecule has 2 atom stereocenters. The average molecular weight is 276 g/mol. The number of hydrogen-bond acceptors (Lipinski definition) is 2. The first kappa shape index (κ1) is 14.6. The summed E-state index contributed by atoms with van der Waals surface area (Å²) >= 11 is 0. The fourth-order valence-corrected chi connectivity index (χ4v) is 4.60. The molecule has 0 saturated carbocycles. The van der Waals surface area contributed by atoms with E-state index in [-0.39, 0.29) is 0 Å². The van der Waals surface area contributed by atoms with Crippen molar-refractivity contribution in [3.63, 3.8) is 0 Å². The van der Waals surface area contributed by atoms with Crippen molar-refractivity contribution in [3.8, 4) is 0 Å². The van der Waals surface area contributed by atoms with Crippen LogP contribution in [0, 0.1) is 0 Å². The van der Waals surface area contributed by atoms with Gasteiger partial charge in [0, 0.05) is 24.7 Å². The van der Waals surface area contributed by atoms with Gasteiger partial charge in [0.1, 0.15) is 0 Å². The minimum atomic E-state index is 0.798. The van der Waals surface area contributed by atoms with Crippen LogP contribution in [0.2, 0.25) is 0 Å². The lowest BCUT2D eigenvalue weighted by Crippen LogP contribution is -2.56. The first-order valence-electron chi connectivity index (χ1n) is 9.04. The molecule has 114 valence electrons. The van der Waals surface area contributed by atoms with Crippen molar-refractivity contribution in [1.82, 2.24) is 10.2 Å². The van der Waals surface area contributed by atoms with Crippen molar-refractivity contribution in [1.29, 1.82) is 0 Å². The Morgan fingerprint density at radius 2 is 2.00 bits per heavy atom. The number of nitrogens with zero attached hydrogens (tertiary/aromatic N) is 1. The van der Waals surface area contributed by atoms with Gasteiger partial charge in [-0.25, -0.2) is 0 Å². The number of allylic oxidation sites excluding steroid dienone is 1. The molecule has 0 aromatic heterocycles. The molecule has 2 bridgehead atoms. The first-order valence-corrected chi connectivity index (χ1v) is 9.04. The van der Waals surface area contributed by atoms with E-state index in [1.807, 2.05) is 0 Å². The zero-order valence-corrected chi connectivity index (χ0v) is 13.2. The molecule has 3 rings (SSSR count). The van der Waals surface area contributed by atoms with E-state index in [1.165, 1.54) is 77.3 Å². The Hall–Kier alpha value is -0.340. The molecule has 2 heteroatoms. The van der Waals surface area contributed by atoms with Crippen molar-refractivity contribution in [3.05, 3.63) is 11.6 Å². The molecule has 1 N–H and O–H groups in total. The van der Waals surface area contributed by atoms with Crippen LogP contribution in [0.1, 0.15) is 71.1 Å².